The Labute approximate surface area is 176 Å². The van der Waals surface area contributed by atoms with Crippen molar-refractivity contribution in [3.63, 3.8) is 0 Å². The SMILES string of the molecule is COc1ccccc1-c1cc(NC(=O)c2cnc(SC)n2-c2ccc(F)cc2)n[nH]1. The van der Waals surface area contributed by atoms with Gasteiger partial charge < -0.3 is 10.1 Å². The zero-order valence-electron chi connectivity index (χ0n) is 16.2. The van der Waals surface area contributed by atoms with Crippen LogP contribution in [-0.2, 0) is 0 Å². The Balaban J connectivity index is 1.62. The van der Waals surface area contributed by atoms with Gasteiger partial charge in [-0.15, -0.1) is 0 Å². The molecule has 0 radical (unpaired) electrons. The number of methoxy groups -OCH3 is 1. The maximum atomic E-state index is 13.3. The number of H-pyrrole nitrogens is 1. The number of hydrogen-bond acceptors (Lipinski definition) is 5. The molecule has 0 aliphatic rings. The second-order valence-corrected chi connectivity index (χ2v) is 7.04. The van der Waals surface area contributed by atoms with Crippen molar-refractivity contribution in [2.45, 2.75) is 5.16 Å². The van der Waals surface area contributed by atoms with Crippen molar-refractivity contribution in [3.8, 4) is 22.7 Å². The largest absolute Gasteiger partial charge is 0.496 e. The van der Waals surface area contributed by atoms with Gasteiger partial charge in [0, 0.05) is 17.3 Å². The molecule has 30 heavy (non-hydrogen) atoms. The zero-order valence-corrected chi connectivity index (χ0v) is 17.0. The van der Waals surface area contributed by atoms with Crippen LogP contribution in [0.25, 0.3) is 16.9 Å². The van der Waals surface area contributed by atoms with Crippen LogP contribution in [0.5, 0.6) is 5.75 Å². The first kappa shape index (κ1) is 19.7. The number of thioether (sulfide) groups is 1. The number of benzene rings is 2. The van der Waals surface area contributed by atoms with Crippen LogP contribution in [0.2, 0.25) is 0 Å². The van der Waals surface area contributed by atoms with Crippen LogP contribution in [0.3, 0.4) is 0 Å². The number of rotatable bonds is 6. The number of carbonyl (C=O) groups excluding carboxylic acids is 1. The normalized spacial score (nSPS) is 10.8. The van der Waals surface area contributed by atoms with Crippen LogP contribution >= 0.6 is 11.8 Å². The molecule has 2 heterocycles. The fourth-order valence-electron chi connectivity index (χ4n) is 3.05. The highest BCUT2D eigenvalue weighted by Crippen LogP contribution is 2.29. The predicted molar refractivity (Wildman–Crippen MR) is 114 cm³/mol. The van der Waals surface area contributed by atoms with E-state index < -0.39 is 0 Å². The Kier molecular flexibility index (Phi) is 5.53. The molecule has 2 N–H and O–H groups in total. The molecular weight excluding hydrogens is 405 g/mol. The van der Waals surface area contributed by atoms with Crippen LogP contribution in [0, 0.1) is 5.82 Å². The molecule has 2 aromatic carbocycles. The number of halogens is 1. The number of nitrogens with zero attached hydrogens (tertiary/aromatic N) is 3. The van der Waals surface area contributed by atoms with Crippen LogP contribution in [0.1, 0.15) is 10.5 Å². The number of imidazole rings is 1. The summed E-state index contributed by atoms with van der Waals surface area (Å²) in [6.07, 6.45) is 3.34. The molecule has 0 saturated heterocycles. The van der Waals surface area contributed by atoms with Crippen molar-refractivity contribution in [1.82, 2.24) is 19.7 Å². The summed E-state index contributed by atoms with van der Waals surface area (Å²) in [7, 11) is 1.60. The van der Waals surface area contributed by atoms with Gasteiger partial charge in [0.2, 0.25) is 0 Å². The maximum Gasteiger partial charge on any atom is 0.275 e. The molecule has 1 amide bonds. The number of hydrogen-bond donors (Lipinski definition) is 2. The summed E-state index contributed by atoms with van der Waals surface area (Å²) in [5.41, 5.74) is 2.49. The Morgan fingerprint density at radius 3 is 2.70 bits per heavy atom. The molecule has 0 saturated carbocycles. The number of para-hydroxylation sites is 1. The average Bonchev–Trinajstić information content (AvgIpc) is 3.41. The molecule has 0 fully saturated rings. The van der Waals surface area contributed by atoms with E-state index >= 15 is 0 Å². The fraction of sp³-hybridized carbons (Fsp3) is 0.0952. The zero-order chi connectivity index (χ0) is 21.1. The highest BCUT2D eigenvalue weighted by atomic mass is 32.2. The summed E-state index contributed by atoms with van der Waals surface area (Å²) in [6, 6.07) is 15.1. The van der Waals surface area contributed by atoms with Gasteiger partial charge in [0.25, 0.3) is 5.91 Å². The summed E-state index contributed by atoms with van der Waals surface area (Å²) in [5, 5.41) is 10.5. The third kappa shape index (κ3) is 3.79. The van der Waals surface area contributed by atoms with Crippen LogP contribution in [0.4, 0.5) is 10.2 Å². The lowest BCUT2D eigenvalue weighted by Gasteiger charge is -2.10. The van der Waals surface area contributed by atoms with Crippen molar-refractivity contribution >= 4 is 23.5 Å². The van der Waals surface area contributed by atoms with Gasteiger partial charge in [0.05, 0.1) is 19.0 Å². The van der Waals surface area contributed by atoms with Crippen molar-refractivity contribution in [2.24, 2.45) is 0 Å². The number of aromatic amines is 1. The van der Waals surface area contributed by atoms with E-state index in [1.807, 2.05) is 30.5 Å². The lowest BCUT2D eigenvalue weighted by atomic mass is 10.1. The highest BCUT2D eigenvalue weighted by Gasteiger charge is 2.19. The third-order valence-corrected chi connectivity index (χ3v) is 5.10. The molecule has 152 valence electrons. The van der Waals surface area contributed by atoms with Gasteiger partial charge in [-0.3, -0.25) is 14.5 Å². The molecule has 0 bridgehead atoms. The Bertz CT molecular complexity index is 1190. The van der Waals surface area contributed by atoms with Gasteiger partial charge in [0.15, 0.2) is 11.0 Å². The maximum absolute atomic E-state index is 13.3. The number of carbonyl (C=O) groups is 1. The number of anilines is 1. The summed E-state index contributed by atoms with van der Waals surface area (Å²) in [5.74, 6) is 0.317. The Hall–Kier alpha value is -3.59. The molecule has 0 unspecified atom stereocenters. The molecule has 0 aliphatic heterocycles. The van der Waals surface area contributed by atoms with E-state index in [4.69, 9.17) is 4.74 Å². The van der Waals surface area contributed by atoms with Crippen molar-refractivity contribution in [2.75, 3.05) is 18.7 Å². The summed E-state index contributed by atoms with van der Waals surface area (Å²) >= 11 is 1.39. The lowest BCUT2D eigenvalue weighted by molar-refractivity contribution is 0.101. The van der Waals surface area contributed by atoms with E-state index in [-0.39, 0.29) is 11.7 Å². The second-order valence-electron chi connectivity index (χ2n) is 6.26. The first-order valence-electron chi connectivity index (χ1n) is 8.98. The number of ether oxygens (including phenoxy) is 1. The fourth-order valence-corrected chi connectivity index (χ4v) is 3.59. The first-order chi connectivity index (χ1) is 14.6. The van der Waals surface area contributed by atoms with Crippen LogP contribution in [0.15, 0.2) is 66.0 Å². The summed E-state index contributed by atoms with van der Waals surface area (Å²) in [4.78, 5) is 17.2. The molecular formula is C21H18FN5O2S. The van der Waals surface area contributed by atoms with Crippen molar-refractivity contribution in [3.05, 3.63) is 72.3 Å². The molecule has 9 heteroatoms. The van der Waals surface area contributed by atoms with E-state index in [1.165, 1.54) is 30.1 Å². The van der Waals surface area contributed by atoms with Crippen LogP contribution < -0.4 is 10.1 Å². The minimum atomic E-state index is -0.384. The number of aromatic nitrogens is 4. The summed E-state index contributed by atoms with van der Waals surface area (Å²) in [6.45, 7) is 0. The number of amides is 1. The van der Waals surface area contributed by atoms with Gasteiger partial charge in [-0.25, -0.2) is 9.37 Å². The second kappa shape index (κ2) is 8.42. The predicted octanol–water partition coefficient (Wildman–Crippen LogP) is 4.38. The Morgan fingerprint density at radius 2 is 1.97 bits per heavy atom. The quantitative estimate of drug-likeness (QED) is 0.450. The van der Waals surface area contributed by atoms with E-state index in [0.717, 1.165) is 5.56 Å². The van der Waals surface area contributed by atoms with Crippen molar-refractivity contribution < 1.29 is 13.9 Å². The topological polar surface area (TPSA) is 84.8 Å². The van der Waals surface area contributed by atoms with E-state index in [9.17, 15) is 9.18 Å². The van der Waals surface area contributed by atoms with E-state index in [1.54, 1.807) is 29.9 Å². The minimum absolute atomic E-state index is 0.313. The lowest BCUT2D eigenvalue weighted by Crippen LogP contribution is -2.17. The molecule has 0 atom stereocenters. The van der Waals surface area contributed by atoms with Gasteiger partial charge in [0.1, 0.15) is 17.3 Å². The van der Waals surface area contributed by atoms with Gasteiger partial charge in [-0.1, -0.05) is 23.9 Å². The van der Waals surface area contributed by atoms with E-state index in [0.29, 0.717) is 33.8 Å². The smallest absolute Gasteiger partial charge is 0.275 e. The van der Waals surface area contributed by atoms with Crippen molar-refractivity contribution in [1.29, 1.82) is 0 Å². The first-order valence-corrected chi connectivity index (χ1v) is 10.2. The molecule has 0 spiro atoms. The third-order valence-electron chi connectivity index (χ3n) is 4.45. The minimum Gasteiger partial charge on any atom is -0.496 e. The van der Waals surface area contributed by atoms with E-state index in [2.05, 4.69) is 20.5 Å². The molecule has 7 nitrogen and oxygen atoms in total. The standard InChI is InChI=1S/C21H18FN5O2S/c1-29-18-6-4-3-5-15(18)16-11-19(26-25-16)24-20(28)17-12-23-21(30-2)27(17)14-9-7-13(22)8-10-14/h3-12H,1-2H3,(H2,24,25,26,28). The van der Waals surface area contributed by atoms with Gasteiger partial charge in [-0.05, 0) is 42.7 Å². The average molecular weight is 423 g/mol. The molecule has 4 aromatic rings. The van der Waals surface area contributed by atoms with Gasteiger partial charge >= 0.3 is 0 Å². The Morgan fingerprint density at radius 1 is 1.20 bits per heavy atom. The van der Waals surface area contributed by atoms with Crippen LogP contribution in [-0.4, -0.2) is 39.0 Å². The molecule has 0 aliphatic carbocycles. The molecule has 2 aromatic heterocycles. The van der Waals surface area contributed by atoms with Gasteiger partial charge in [-0.2, -0.15) is 5.10 Å². The number of nitrogens with one attached hydrogen (secondary N) is 2. The summed E-state index contributed by atoms with van der Waals surface area (Å²) < 4.78 is 20.4. The molecule has 4 rings (SSSR count). The monoisotopic (exact) mass is 423 g/mol. The highest BCUT2D eigenvalue weighted by molar-refractivity contribution is 7.98.